The maximum atomic E-state index is 12.6. The van der Waals surface area contributed by atoms with Gasteiger partial charge in [-0.1, -0.05) is 48.9 Å². The molecular formula is C21H25NOS2. The number of thioether (sulfide) groups is 2. The number of carbonyl (C=O) groups excluding carboxylic acids is 1. The maximum Gasteiger partial charge on any atom is 0.251 e. The highest BCUT2D eigenvalue weighted by Gasteiger charge is 2.18. The van der Waals surface area contributed by atoms with Crippen LogP contribution in [0.15, 0.2) is 48.5 Å². The Morgan fingerprint density at radius 3 is 2.32 bits per heavy atom. The average Bonchev–Trinajstić information content (AvgIpc) is 2.67. The highest BCUT2D eigenvalue weighted by atomic mass is 32.2. The van der Waals surface area contributed by atoms with Gasteiger partial charge >= 0.3 is 0 Å². The number of hydrogen-bond donors (Lipinski definition) is 1. The van der Waals surface area contributed by atoms with E-state index in [1.165, 1.54) is 29.1 Å². The number of nitrogens with one attached hydrogen (secondary N) is 1. The quantitative estimate of drug-likeness (QED) is 0.726. The summed E-state index contributed by atoms with van der Waals surface area (Å²) in [5.41, 5.74) is 4.45. The molecule has 1 heterocycles. The molecule has 1 N–H and O–H groups in total. The molecular weight excluding hydrogens is 346 g/mol. The Balaban J connectivity index is 1.66. The molecule has 1 amide bonds. The van der Waals surface area contributed by atoms with Crippen LogP contribution in [0, 0.1) is 6.92 Å². The van der Waals surface area contributed by atoms with E-state index in [0.717, 1.165) is 17.5 Å². The van der Waals surface area contributed by atoms with E-state index >= 15 is 0 Å². The molecule has 2 aromatic carbocycles. The molecule has 0 radical (unpaired) electrons. The van der Waals surface area contributed by atoms with Gasteiger partial charge in [0.15, 0.2) is 0 Å². The second-order valence-corrected chi connectivity index (χ2v) is 9.12. The fraction of sp³-hybridized carbons (Fsp3) is 0.381. The van der Waals surface area contributed by atoms with Gasteiger partial charge < -0.3 is 5.32 Å². The van der Waals surface area contributed by atoms with E-state index in [0.29, 0.717) is 4.58 Å². The minimum absolute atomic E-state index is 0.00271. The summed E-state index contributed by atoms with van der Waals surface area (Å²) in [5, 5.41) is 3.17. The molecule has 132 valence electrons. The van der Waals surface area contributed by atoms with Crippen molar-refractivity contribution in [2.75, 3.05) is 11.5 Å². The predicted molar refractivity (Wildman–Crippen MR) is 110 cm³/mol. The molecule has 25 heavy (non-hydrogen) atoms. The van der Waals surface area contributed by atoms with Crippen molar-refractivity contribution in [2.45, 2.75) is 37.3 Å². The lowest BCUT2D eigenvalue weighted by molar-refractivity contribution is 0.0935. The molecule has 0 aromatic heterocycles. The van der Waals surface area contributed by atoms with E-state index in [1.54, 1.807) is 0 Å². The molecule has 1 fully saturated rings. The monoisotopic (exact) mass is 371 g/mol. The van der Waals surface area contributed by atoms with E-state index < -0.39 is 0 Å². The molecule has 0 aliphatic carbocycles. The van der Waals surface area contributed by atoms with Gasteiger partial charge in [-0.3, -0.25) is 4.79 Å². The summed E-state index contributed by atoms with van der Waals surface area (Å²) in [6.07, 6.45) is 2.17. The lowest BCUT2D eigenvalue weighted by Gasteiger charge is -2.21. The molecule has 0 bridgehead atoms. The molecule has 0 saturated carbocycles. The third-order valence-electron chi connectivity index (χ3n) is 4.47. The first kappa shape index (κ1) is 18.4. The molecule has 2 nitrogen and oxygen atoms in total. The van der Waals surface area contributed by atoms with E-state index in [1.807, 2.05) is 35.7 Å². The zero-order valence-electron chi connectivity index (χ0n) is 14.8. The van der Waals surface area contributed by atoms with Crippen LogP contribution in [0.2, 0.25) is 0 Å². The molecule has 4 heteroatoms. The van der Waals surface area contributed by atoms with Crippen molar-refractivity contribution in [3.05, 3.63) is 70.8 Å². The highest BCUT2D eigenvalue weighted by Crippen LogP contribution is 2.43. The van der Waals surface area contributed by atoms with Crippen molar-refractivity contribution in [3.8, 4) is 0 Å². The highest BCUT2D eigenvalue weighted by molar-refractivity contribution is 8.16. The Hall–Kier alpha value is -1.39. The molecule has 1 atom stereocenters. The number of benzene rings is 2. The SMILES string of the molecule is CC[C@@H](NC(=O)c1ccc(C2SCCCS2)cc1)c1ccc(C)cc1. The van der Waals surface area contributed by atoms with Gasteiger partial charge in [0.05, 0.1) is 10.6 Å². The standard InChI is InChI=1S/C21H25NOS2/c1-3-19(16-7-5-15(2)6-8-16)22-20(23)17-9-11-18(12-10-17)21-24-13-4-14-25-21/h5-12,19,21H,3-4,13-14H2,1-2H3,(H,22,23)/t19-/m1/s1. The van der Waals surface area contributed by atoms with Crippen LogP contribution >= 0.6 is 23.5 Å². The van der Waals surface area contributed by atoms with Gasteiger partial charge in [-0.25, -0.2) is 0 Å². The topological polar surface area (TPSA) is 29.1 Å². The molecule has 3 rings (SSSR count). The molecule has 1 aliphatic rings. The van der Waals surface area contributed by atoms with Crippen molar-refractivity contribution in [1.29, 1.82) is 0 Å². The van der Waals surface area contributed by atoms with Gasteiger partial charge in [0, 0.05) is 5.56 Å². The average molecular weight is 372 g/mol. The predicted octanol–water partition coefficient (Wildman–Crippen LogP) is 5.74. The Bertz CT molecular complexity index is 691. The van der Waals surface area contributed by atoms with Crippen LogP contribution in [0.3, 0.4) is 0 Å². The van der Waals surface area contributed by atoms with Crippen LogP contribution in [-0.4, -0.2) is 17.4 Å². The third kappa shape index (κ3) is 4.83. The van der Waals surface area contributed by atoms with E-state index in [2.05, 4.69) is 55.6 Å². The Labute approximate surface area is 159 Å². The second-order valence-electron chi connectivity index (χ2n) is 6.39. The second kappa shape index (κ2) is 8.81. The Morgan fingerprint density at radius 1 is 1.08 bits per heavy atom. The first-order valence-electron chi connectivity index (χ1n) is 8.88. The van der Waals surface area contributed by atoms with E-state index in [-0.39, 0.29) is 11.9 Å². The summed E-state index contributed by atoms with van der Waals surface area (Å²) >= 11 is 4.01. The maximum absolute atomic E-state index is 12.6. The summed E-state index contributed by atoms with van der Waals surface area (Å²) in [6.45, 7) is 4.18. The Kier molecular flexibility index (Phi) is 6.49. The fourth-order valence-electron chi connectivity index (χ4n) is 2.93. The van der Waals surface area contributed by atoms with Crippen molar-refractivity contribution in [1.82, 2.24) is 5.32 Å². The van der Waals surface area contributed by atoms with Gasteiger partial charge in [-0.2, -0.15) is 0 Å². The Morgan fingerprint density at radius 2 is 1.72 bits per heavy atom. The molecule has 2 aromatic rings. The normalized spacial score (nSPS) is 16.4. The number of carbonyl (C=O) groups is 1. The smallest absolute Gasteiger partial charge is 0.251 e. The summed E-state index contributed by atoms with van der Waals surface area (Å²) in [4.78, 5) is 12.6. The molecule has 1 aliphatic heterocycles. The summed E-state index contributed by atoms with van der Waals surface area (Å²) in [6, 6.07) is 16.6. The third-order valence-corrected chi connectivity index (χ3v) is 7.48. The lowest BCUT2D eigenvalue weighted by atomic mass is 10.0. The van der Waals surface area contributed by atoms with Gasteiger partial charge in [-0.15, -0.1) is 23.5 Å². The van der Waals surface area contributed by atoms with Crippen LogP contribution in [-0.2, 0) is 0 Å². The fourth-order valence-corrected chi connectivity index (χ4v) is 5.83. The van der Waals surface area contributed by atoms with E-state index in [9.17, 15) is 4.79 Å². The van der Waals surface area contributed by atoms with Gasteiger partial charge in [0.25, 0.3) is 5.91 Å². The van der Waals surface area contributed by atoms with Gasteiger partial charge in [-0.05, 0) is 54.5 Å². The summed E-state index contributed by atoms with van der Waals surface area (Å²) in [5.74, 6) is 2.46. The first-order valence-corrected chi connectivity index (χ1v) is 11.0. The van der Waals surface area contributed by atoms with Crippen LogP contribution < -0.4 is 5.32 Å². The zero-order valence-corrected chi connectivity index (χ0v) is 16.5. The van der Waals surface area contributed by atoms with Crippen molar-refractivity contribution < 1.29 is 4.79 Å². The number of aryl methyl sites for hydroxylation is 1. The number of rotatable bonds is 5. The summed E-state index contributed by atoms with van der Waals surface area (Å²) < 4.78 is 0.516. The van der Waals surface area contributed by atoms with Crippen LogP contribution in [0.25, 0.3) is 0 Å². The minimum atomic E-state index is 0.00271. The first-order chi connectivity index (χ1) is 12.2. The minimum Gasteiger partial charge on any atom is -0.345 e. The molecule has 0 unspecified atom stereocenters. The number of amides is 1. The lowest BCUT2D eigenvalue weighted by Crippen LogP contribution is -2.28. The van der Waals surface area contributed by atoms with Crippen LogP contribution in [0.4, 0.5) is 0 Å². The largest absolute Gasteiger partial charge is 0.345 e. The zero-order chi connectivity index (χ0) is 17.6. The van der Waals surface area contributed by atoms with Gasteiger partial charge in [0.1, 0.15) is 0 Å². The summed E-state index contributed by atoms with van der Waals surface area (Å²) in [7, 11) is 0. The molecule has 0 spiro atoms. The number of hydrogen-bond acceptors (Lipinski definition) is 3. The van der Waals surface area contributed by atoms with Crippen molar-refractivity contribution >= 4 is 29.4 Å². The van der Waals surface area contributed by atoms with Gasteiger partial charge in [0.2, 0.25) is 0 Å². The van der Waals surface area contributed by atoms with Crippen LogP contribution in [0.1, 0.15) is 57.4 Å². The van der Waals surface area contributed by atoms with Crippen molar-refractivity contribution in [2.24, 2.45) is 0 Å². The van der Waals surface area contributed by atoms with Crippen LogP contribution in [0.5, 0.6) is 0 Å². The van der Waals surface area contributed by atoms with E-state index in [4.69, 9.17) is 0 Å². The molecule has 1 saturated heterocycles. The van der Waals surface area contributed by atoms with Crippen molar-refractivity contribution in [3.63, 3.8) is 0 Å².